The van der Waals surface area contributed by atoms with E-state index in [1.807, 2.05) is 24.3 Å². The first-order chi connectivity index (χ1) is 8.36. The average Bonchev–Trinajstić information content (AvgIpc) is 2.82. The molecular formula is C12H10N4O. The van der Waals surface area contributed by atoms with Gasteiger partial charge in [-0.05, 0) is 24.3 Å². The summed E-state index contributed by atoms with van der Waals surface area (Å²) in [6.07, 6.45) is 5.25. The van der Waals surface area contributed by atoms with Gasteiger partial charge in [-0.3, -0.25) is 4.98 Å². The van der Waals surface area contributed by atoms with E-state index in [1.54, 1.807) is 30.2 Å². The van der Waals surface area contributed by atoms with E-state index < -0.39 is 0 Å². The molecule has 3 heterocycles. The van der Waals surface area contributed by atoms with Gasteiger partial charge >= 0.3 is 0 Å². The van der Waals surface area contributed by atoms with Crippen LogP contribution in [0.15, 0.2) is 42.9 Å². The number of rotatable bonds is 2. The normalized spacial score (nSPS) is 10.6. The third-order valence-corrected chi connectivity index (χ3v) is 2.48. The van der Waals surface area contributed by atoms with Gasteiger partial charge in [0.15, 0.2) is 11.5 Å². The minimum atomic E-state index is 0.681. The van der Waals surface area contributed by atoms with Gasteiger partial charge in [0.25, 0.3) is 0 Å². The maximum atomic E-state index is 5.14. The van der Waals surface area contributed by atoms with Crippen LogP contribution in [0.3, 0.4) is 0 Å². The molecule has 3 rings (SSSR count). The van der Waals surface area contributed by atoms with E-state index in [0.717, 1.165) is 17.0 Å². The molecule has 0 aromatic carbocycles. The van der Waals surface area contributed by atoms with Gasteiger partial charge in [0, 0.05) is 18.0 Å². The first-order valence-corrected chi connectivity index (χ1v) is 5.17. The van der Waals surface area contributed by atoms with Crippen LogP contribution < -0.4 is 4.74 Å². The van der Waals surface area contributed by atoms with Crippen LogP contribution in [0, 0.1) is 0 Å². The molecule has 5 heteroatoms. The smallest absolute Gasteiger partial charge is 0.182 e. The van der Waals surface area contributed by atoms with Gasteiger partial charge in [-0.2, -0.15) is 0 Å². The Morgan fingerprint density at radius 1 is 1.12 bits per heavy atom. The SMILES string of the molecule is COc1ccc2nc(-c3ccncc3)nn2c1. The van der Waals surface area contributed by atoms with Crippen LogP contribution >= 0.6 is 0 Å². The van der Waals surface area contributed by atoms with Crippen LogP contribution in [0.25, 0.3) is 17.0 Å². The Balaban J connectivity index is 2.14. The highest BCUT2D eigenvalue weighted by molar-refractivity contribution is 5.57. The summed E-state index contributed by atoms with van der Waals surface area (Å²) in [5.41, 5.74) is 1.74. The number of hydrogen-bond donors (Lipinski definition) is 0. The molecule has 5 nitrogen and oxygen atoms in total. The topological polar surface area (TPSA) is 52.3 Å². The zero-order valence-corrected chi connectivity index (χ0v) is 9.24. The van der Waals surface area contributed by atoms with Crippen LogP contribution in [-0.2, 0) is 0 Å². The lowest BCUT2D eigenvalue weighted by molar-refractivity contribution is 0.411. The molecule has 3 aromatic rings. The van der Waals surface area contributed by atoms with E-state index in [-0.39, 0.29) is 0 Å². The van der Waals surface area contributed by atoms with Crippen LogP contribution in [0.5, 0.6) is 5.75 Å². The van der Waals surface area contributed by atoms with Gasteiger partial charge in [-0.15, -0.1) is 5.10 Å². The number of hydrogen-bond acceptors (Lipinski definition) is 4. The van der Waals surface area contributed by atoms with Crippen molar-refractivity contribution in [3.8, 4) is 17.1 Å². The molecule has 0 aliphatic heterocycles. The Bertz CT molecular complexity index is 648. The molecule has 0 saturated carbocycles. The summed E-state index contributed by atoms with van der Waals surface area (Å²) in [6, 6.07) is 7.49. The van der Waals surface area contributed by atoms with Gasteiger partial charge in [0.2, 0.25) is 0 Å². The van der Waals surface area contributed by atoms with E-state index >= 15 is 0 Å². The number of nitrogens with zero attached hydrogens (tertiary/aromatic N) is 4. The average molecular weight is 226 g/mol. The lowest BCUT2D eigenvalue weighted by Crippen LogP contribution is -1.90. The quantitative estimate of drug-likeness (QED) is 0.668. The maximum Gasteiger partial charge on any atom is 0.182 e. The van der Waals surface area contributed by atoms with Crippen LogP contribution in [-0.4, -0.2) is 26.7 Å². The molecule has 0 aliphatic rings. The second-order valence-corrected chi connectivity index (χ2v) is 3.54. The zero-order valence-electron chi connectivity index (χ0n) is 9.24. The minimum absolute atomic E-state index is 0.681. The summed E-state index contributed by atoms with van der Waals surface area (Å²) >= 11 is 0. The number of methoxy groups -OCH3 is 1. The Labute approximate surface area is 97.7 Å². The predicted octanol–water partition coefficient (Wildman–Crippen LogP) is 1.80. The highest BCUT2D eigenvalue weighted by Gasteiger charge is 2.06. The monoisotopic (exact) mass is 226 g/mol. The highest BCUT2D eigenvalue weighted by atomic mass is 16.5. The highest BCUT2D eigenvalue weighted by Crippen LogP contribution is 2.17. The molecule has 0 amide bonds. The van der Waals surface area contributed by atoms with Crippen molar-refractivity contribution in [2.45, 2.75) is 0 Å². The third-order valence-electron chi connectivity index (χ3n) is 2.48. The zero-order chi connectivity index (χ0) is 11.7. The summed E-state index contributed by atoms with van der Waals surface area (Å²) in [5.74, 6) is 1.43. The van der Waals surface area contributed by atoms with Crippen molar-refractivity contribution in [2.75, 3.05) is 7.11 Å². The van der Waals surface area contributed by atoms with Crippen molar-refractivity contribution < 1.29 is 4.74 Å². The molecule has 0 radical (unpaired) electrons. The first-order valence-electron chi connectivity index (χ1n) is 5.17. The fourth-order valence-electron chi connectivity index (χ4n) is 1.61. The van der Waals surface area contributed by atoms with Crippen molar-refractivity contribution in [3.63, 3.8) is 0 Å². The van der Waals surface area contributed by atoms with Gasteiger partial charge in [0.05, 0.1) is 13.3 Å². The molecule has 0 N–H and O–H groups in total. The van der Waals surface area contributed by atoms with Crippen LogP contribution in [0.4, 0.5) is 0 Å². The summed E-state index contributed by atoms with van der Waals surface area (Å²) in [7, 11) is 1.63. The Morgan fingerprint density at radius 3 is 2.71 bits per heavy atom. The van der Waals surface area contributed by atoms with E-state index in [4.69, 9.17) is 4.74 Å². The number of aromatic nitrogens is 4. The van der Waals surface area contributed by atoms with Gasteiger partial charge in [-0.1, -0.05) is 0 Å². The summed E-state index contributed by atoms with van der Waals surface area (Å²) in [6.45, 7) is 0. The largest absolute Gasteiger partial charge is 0.495 e. The molecule has 17 heavy (non-hydrogen) atoms. The molecule has 0 atom stereocenters. The lowest BCUT2D eigenvalue weighted by atomic mass is 10.3. The first kappa shape index (κ1) is 9.77. The molecule has 84 valence electrons. The molecule has 0 spiro atoms. The molecule has 0 saturated heterocycles. The molecule has 3 aromatic heterocycles. The molecule has 0 fully saturated rings. The fourth-order valence-corrected chi connectivity index (χ4v) is 1.61. The van der Waals surface area contributed by atoms with E-state index in [1.165, 1.54) is 0 Å². The lowest BCUT2D eigenvalue weighted by Gasteiger charge is -1.97. The molecule has 0 bridgehead atoms. The summed E-state index contributed by atoms with van der Waals surface area (Å²) in [4.78, 5) is 8.40. The van der Waals surface area contributed by atoms with Crippen molar-refractivity contribution >= 4 is 5.65 Å². The molecule has 0 aliphatic carbocycles. The minimum Gasteiger partial charge on any atom is -0.495 e. The van der Waals surface area contributed by atoms with Gasteiger partial charge in [-0.25, -0.2) is 9.50 Å². The summed E-state index contributed by atoms with van der Waals surface area (Å²) in [5, 5.41) is 4.39. The standard InChI is InChI=1S/C12H10N4O/c1-17-10-2-3-11-14-12(15-16(11)8-10)9-4-6-13-7-5-9/h2-8H,1H3. The number of ether oxygens (including phenoxy) is 1. The maximum absolute atomic E-state index is 5.14. The number of fused-ring (bicyclic) bond motifs is 1. The van der Waals surface area contributed by atoms with Crippen molar-refractivity contribution in [1.82, 2.24) is 19.6 Å². The van der Waals surface area contributed by atoms with Crippen molar-refractivity contribution in [3.05, 3.63) is 42.9 Å². The predicted molar refractivity (Wildman–Crippen MR) is 62.8 cm³/mol. The van der Waals surface area contributed by atoms with E-state index in [9.17, 15) is 0 Å². The third kappa shape index (κ3) is 1.71. The van der Waals surface area contributed by atoms with Crippen LogP contribution in [0.2, 0.25) is 0 Å². The van der Waals surface area contributed by atoms with Gasteiger partial charge in [0.1, 0.15) is 5.75 Å². The Kier molecular flexibility index (Phi) is 2.22. The second-order valence-electron chi connectivity index (χ2n) is 3.54. The number of pyridine rings is 2. The molecule has 0 unspecified atom stereocenters. The van der Waals surface area contributed by atoms with E-state index in [2.05, 4.69) is 15.1 Å². The molecular weight excluding hydrogens is 216 g/mol. The Hall–Kier alpha value is -2.43. The van der Waals surface area contributed by atoms with Crippen molar-refractivity contribution in [1.29, 1.82) is 0 Å². The fraction of sp³-hybridized carbons (Fsp3) is 0.0833. The van der Waals surface area contributed by atoms with Crippen LogP contribution in [0.1, 0.15) is 0 Å². The van der Waals surface area contributed by atoms with Crippen molar-refractivity contribution in [2.24, 2.45) is 0 Å². The van der Waals surface area contributed by atoms with E-state index in [0.29, 0.717) is 5.82 Å². The Morgan fingerprint density at radius 2 is 1.94 bits per heavy atom. The second kappa shape index (κ2) is 3.86. The van der Waals surface area contributed by atoms with Gasteiger partial charge < -0.3 is 4.74 Å². The summed E-state index contributed by atoms with van der Waals surface area (Å²) < 4.78 is 6.84.